The van der Waals surface area contributed by atoms with Crippen LogP contribution in [-0.4, -0.2) is 20.6 Å². The average molecular weight is 431 g/mol. The van der Waals surface area contributed by atoms with Crippen LogP contribution in [0.5, 0.6) is 5.75 Å². The number of hydrogen-bond acceptors (Lipinski definition) is 4. The molecule has 29 heavy (non-hydrogen) atoms. The highest BCUT2D eigenvalue weighted by atomic mass is 35.5. The molecule has 0 aromatic heterocycles. The molecule has 2 N–H and O–H groups in total. The SMILES string of the molecule is CS(=O)(=O)Nc1ccc(Cl)c(C(=O)Nc2ccc(OCc3ccccc3)cc2)c1. The fourth-order valence-electron chi connectivity index (χ4n) is 2.55. The number of carbonyl (C=O) groups excluding carboxylic acids is 1. The van der Waals surface area contributed by atoms with E-state index in [1.165, 1.54) is 18.2 Å². The van der Waals surface area contributed by atoms with Crippen molar-refractivity contribution < 1.29 is 17.9 Å². The monoisotopic (exact) mass is 430 g/mol. The predicted octanol–water partition coefficient (Wildman–Crippen LogP) is 4.54. The van der Waals surface area contributed by atoms with E-state index in [4.69, 9.17) is 16.3 Å². The van der Waals surface area contributed by atoms with Gasteiger partial charge < -0.3 is 10.1 Å². The topological polar surface area (TPSA) is 84.5 Å². The van der Waals surface area contributed by atoms with Crippen molar-refractivity contribution in [3.63, 3.8) is 0 Å². The van der Waals surface area contributed by atoms with Crippen LogP contribution in [-0.2, 0) is 16.6 Å². The van der Waals surface area contributed by atoms with Gasteiger partial charge >= 0.3 is 0 Å². The minimum absolute atomic E-state index is 0.157. The van der Waals surface area contributed by atoms with Crippen molar-refractivity contribution in [2.24, 2.45) is 0 Å². The number of sulfonamides is 1. The Morgan fingerprint density at radius 3 is 2.28 bits per heavy atom. The van der Waals surface area contributed by atoms with Crippen molar-refractivity contribution in [1.82, 2.24) is 0 Å². The number of amides is 1. The molecule has 0 fully saturated rings. The van der Waals surface area contributed by atoms with Crippen LogP contribution in [0.25, 0.3) is 0 Å². The number of anilines is 2. The lowest BCUT2D eigenvalue weighted by atomic mass is 10.2. The zero-order valence-corrected chi connectivity index (χ0v) is 17.1. The second kappa shape index (κ2) is 8.98. The van der Waals surface area contributed by atoms with E-state index in [0.29, 0.717) is 18.0 Å². The highest BCUT2D eigenvalue weighted by molar-refractivity contribution is 7.92. The smallest absolute Gasteiger partial charge is 0.257 e. The first kappa shape index (κ1) is 20.7. The van der Waals surface area contributed by atoms with Gasteiger partial charge in [0.05, 0.1) is 16.8 Å². The number of halogens is 1. The van der Waals surface area contributed by atoms with Crippen molar-refractivity contribution >= 4 is 38.9 Å². The van der Waals surface area contributed by atoms with Crippen LogP contribution < -0.4 is 14.8 Å². The summed E-state index contributed by atoms with van der Waals surface area (Å²) in [6, 6.07) is 21.1. The molecule has 0 aliphatic carbocycles. The molecule has 3 rings (SSSR count). The van der Waals surface area contributed by atoms with Crippen molar-refractivity contribution in [3.8, 4) is 5.75 Å². The lowest BCUT2D eigenvalue weighted by molar-refractivity contribution is 0.102. The van der Waals surface area contributed by atoms with Gasteiger partial charge in [0.15, 0.2) is 0 Å². The number of carbonyl (C=O) groups is 1. The Kier molecular flexibility index (Phi) is 6.41. The average Bonchev–Trinajstić information content (AvgIpc) is 2.68. The molecule has 3 aromatic rings. The predicted molar refractivity (Wildman–Crippen MR) is 115 cm³/mol. The van der Waals surface area contributed by atoms with Gasteiger partial charge in [-0.15, -0.1) is 0 Å². The van der Waals surface area contributed by atoms with Crippen molar-refractivity contribution in [3.05, 3.63) is 88.9 Å². The zero-order valence-electron chi connectivity index (χ0n) is 15.6. The van der Waals surface area contributed by atoms with E-state index in [9.17, 15) is 13.2 Å². The molecule has 8 heteroatoms. The standard InChI is InChI=1S/C21H19ClN2O4S/c1-29(26,27)24-17-9-12-20(22)19(13-17)21(25)23-16-7-10-18(11-8-16)28-14-15-5-3-2-4-6-15/h2-13,24H,14H2,1H3,(H,23,25). The summed E-state index contributed by atoms with van der Waals surface area (Å²) in [5, 5.41) is 2.95. The molecule has 0 aliphatic heterocycles. The van der Waals surface area contributed by atoms with E-state index >= 15 is 0 Å². The molecule has 6 nitrogen and oxygen atoms in total. The first-order valence-corrected chi connectivity index (χ1v) is 10.9. The number of benzene rings is 3. The second-order valence-corrected chi connectivity index (χ2v) is 8.48. The number of nitrogens with one attached hydrogen (secondary N) is 2. The normalized spacial score (nSPS) is 11.0. The van der Waals surface area contributed by atoms with Gasteiger partial charge in [0, 0.05) is 11.4 Å². The summed E-state index contributed by atoms with van der Waals surface area (Å²) in [4.78, 5) is 12.5. The summed E-state index contributed by atoms with van der Waals surface area (Å²) < 4.78 is 30.8. The molecule has 0 bridgehead atoms. The molecule has 3 aromatic carbocycles. The van der Waals surface area contributed by atoms with E-state index in [1.807, 2.05) is 30.3 Å². The maximum absolute atomic E-state index is 12.5. The summed E-state index contributed by atoms with van der Waals surface area (Å²) >= 11 is 6.10. The van der Waals surface area contributed by atoms with Crippen LogP contribution in [0.2, 0.25) is 5.02 Å². The maximum atomic E-state index is 12.5. The van der Waals surface area contributed by atoms with Crippen molar-refractivity contribution in [1.29, 1.82) is 0 Å². The Morgan fingerprint density at radius 1 is 0.966 bits per heavy atom. The van der Waals surface area contributed by atoms with E-state index < -0.39 is 15.9 Å². The van der Waals surface area contributed by atoms with Gasteiger partial charge in [-0.2, -0.15) is 0 Å². The van der Waals surface area contributed by atoms with Gasteiger partial charge in [-0.1, -0.05) is 41.9 Å². The Bertz CT molecular complexity index is 1100. The first-order chi connectivity index (χ1) is 13.8. The van der Waals surface area contributed by atoms with Crippen LogP contribution in [0.15, 0.2) is 72.8 Å². The Morgan fingerprint density at radius 2 is 1.62 bits per heavy atom. The molecule has 0 saturated heterocycles. The molecule has 0 atom stereocenters. The number of rotatable bonds is 7. The lowest BCUT2D eigenvalue weighted by Crippen LogP contribution is -2.14. The quantitative estimate of drug-likeness (QED) is 0.576. The van der Waals surface area contributed by atoms with Gasteiger partial charge in [-0.05, 0) is 48.0 Å². The number of ether oxygens (including phenoxy) is 1. The fraction of sp³-hybridized carbons (Fsp3) is 0.0952. The van der Waals surface area contributed by atoms with Crippen molar-refractivity contribution in [2.75, 3.05) is 16.3 Å². The van der Waals surface area contributed by atoms with E-state index in [2.05, 4.69) is 10.0 Å². The van der Waals surface area contributed by atoms with Crippen LogP contribution >= 0.6 is 11.6 Å². The summed E-state index contributed by atoms with van der Waals surface area (Å²) in [5.41, 5.74) is 2.03. The van der Waals surface area contributed by atoms with E-state index in [-0.39, 0.29) is 16.3 Å². The molecule has 0 unspecified atom stereocenters. The third-order valence-corrected chi connectivity index (χ3v) is 4.81. The summed E-state index contributed by atoms with van der Waals surface area (Å²) in [5.74, 6) is 0.217. The van der Waals surface area contributed by atoms with Gasteiger partial charge in [0.25, 0.3) is 5.91 Å². The van der Waals surface area contributed by atoms with Crippen molar-refractivity contribution in [2.45, 2.75) is 6.61 Å². The maximum Gasteiger partial charge on any atom is 0.257 e. The van der Waals surface area contributed by atoms with Gasteiger partial charge in [-0.25, -0.2) is 8.42 Å². The molecule has 0 saturated carbocycles. The highest BCUT2D eigenvalue weighted by Gasteiger charge is 2.13. The van der Waals surface area contributed by atoms with E-state index in [1.54, 1.807) is 24.3 Å². The van der Waals surface area contributed by atoms with Crippen LogP contribution in [0.3, 0.4) is 0 Å². The molecular weight excluding hydrogens is 412 g/mol. The molecular formula is C21H19ClN2O4S. The second-order valence-electron chi connectivity index (χ2n) is 6.32. The summed E-state index contributed by atoms with van der Waals surface area (Å²) in [6.07, 6.45) is 1.03. The van der Waals surface area contributed by atoms with Crippen LogP contribution in [0, 0.1) is 0 Å². The van der Waals surface area contributed by atoms with E-state index in [0.717, 1.165) is 11.8 Å². The summed E-state index contributed by atoms with van der Waals surface area (Å²) in [6.45, 7) is 0.447. The van der Waals surface area contributed by atoms with Gasteiger partial charge in [-0.3, -0.25) is 9.52 Å². The summed E-state index contributed by atoms with van der Waals surface area (Å²) in [7, 11) is -3.46. The first-order valence-electron chi connectivity index (χ1n) is 8.66. The molecule has 0 radical (unpaired) electrons. The molecule has 0 heterocycles. The lowest BCUT2D eigenvalue weighted by Gasteiger charge is -2.11. The fourth-order valence-corrected chi connectivity index (χ4v) is 3.31. The molecule has 1 amide bonds. The molecule has 0 spiro atoms. The van der Waals surface area contributed by atoms with Crippen LogP contribution in [0.4, 0.5) is 11.4 Å². The zero-order chi connectivity index (χ0) is 20.9. The third kappa shape index (κ3) is 6.23. The van der Waals surface area contributed by atoms with Gasteiger partial charge in [0.1, 0.15) is 12.4 Å². The third-order valence-electron chi connectivity index (χ3n) is 3.87. The Balaban J connectivity index is 1.65. The van der Waals surface area contributed by atoms with Crippen LogP contribution in [0.1, 0.15) is 15.9 Å². The number of hydrogen-bond donors (Lipinski definition) is 2. The Hall–Kier alpha value is -3.03. The minimum atomic E-state index is -3.46. The minimum Gasteiger partial charge on any atom is -0.489 e. The van der Waals surface area contributed by atoms with Gasteiger partial charge in [0.2, 0.25) is 10.0 Å². The molecule has 150 valence electrons. The largest absolute Gasteiger partial charge is 0.489 e. The highest BCUT2D eigenvalue weighted by Crippen LogP contribution is 2.23. The molecule has 0 aliphatic rings. The Labute approximate surface area is 174 Å².